The maximum absolute atomic E-state index is 10.5. The summed E-state index contributed by atoms with van der Waals surface area (Å²) in [5.41, 5.74) is -1.78. The van der Waals surface area contributed by atoms with Gasteiger partial charge in [-0.15, -0.1) is 0 Å². The van der Waals surface area contributed by atoms with E-state index in [1.165, 1.54) is 13.2 Å². The predicted molar refractivity (Wildman–Crippen MR) is 48.4 cm³/mol. The standard InChI is InChI=1S/C8H9BrO4/c1-8(12,7(10)11)3-6-2-5(9)4-13-6/h2,4,12H,3H2,1H3,(H,10,11). The van der Waals surface area contributed by atoms with Crippen molar-refractivity contribution in [2.45, 2.75) is 18.9 Å². The second-order valence-electron chi connectivity index (χ2n) is 2.99. The molecule has 1 atom stereocenters. The normalized spacial score (nSPS) is 15.3. The second-order valence-corrected chi connectivity index (χ2v) is 3.90. The molecule has 72 valence electrons. The van der Waals surface area contributed by atoms with Crippen molar-refractivity contribution in [2.24, 2.45) is 0 Å². The lowest BCUT2D eigenvalue weighted by atomic mass is 10.0. The van der Waals surface area contributed by atoms with Crippen molar-refractivity contribution in [3.63, 3.8) is 0 Å². The summed E-state index contributed by atoms with van der Waals surface area (Å²) in [5.74, 6) is -0.834. The average Bonchev–Trinajstić information content (AvgIpc) is 2.34. The van der Waals surface area contributed by atoms with Crippen LogP contribution < -0.4 is 0 Å². The fourth-order valence-electron chi connectivity index (χ4n) is 0.861. The quantitative estimate of drug-likeness (QED) is 0.849. The molecule has 0 fully saturated rings. The largest absolute Gasteiger partial charge is 0.479 e. The van der Waals surface area contributed by atoms with Gasteiger partial charge < -0.3 is 14.6 Å². The highest BCUT2D eigenvalue weighted by Gasteiger charge is 2.31. The molecular formula is C8H9BrO4. The molecule has 1 heterocycles. The summed E-state index contributed by atoms with van der Waals surface area (Å²) in [6, 6.07) is 1.62. The van der Waals surface area contributed by atoms with Crippen LogP contribution in [0.5, 0.6) is 0 Å². The van der Waals surface area contributed by atoms with E-state index in [9.17, 15) is 9.90 Å². The summed E-state index contributed by atoms with van der Waals surface area (Å²) in [7, 11) is 0. The SMILES string of the molecule is CC(O)(Cc1cc(Br)co1)C(=O)O. The third-order valence-electron chi connectivity index (χ3n) is 1.60. The molecule has 0 amide bonds. The number of halogens is 1. The Morgan fingerprint density at radius 1 is 1.77 bits per heavy atom. The molecule has 1 aromatic heterocycles. The summed E-state index contributed by atoms with van der Waals surface area (Å²) in [4.78, 5) is 10.5. The molecule has 5 heteroatoms. The monoisotopic (exact) mass is 248 g/mol. The van der Waals surface area contributed by atoms with Crippen LogP contribution in [0.3, 0.4) is 0 Å². The number of furan rings is 1. The molecule has 0 saturated carbocycles. The number of carboxylic acid groups (broad SMARTS) is 1. The first-order chi connectivity index (χ1) is 5.92. The van der Waals surface area contributed by atoms with Crippen molar-refractivity contribution < 1.29 is 19.4 Å². The van der Waals surface area contributed by atoms with Crippen LogP contribution in [-0.2, 0) is 11.2 Å². The van der Waals surface area contributed by atoms with E-state index in [0.717, 1.165) is 4.47 Å². The molecule has 1 unspecified atom stereocenters. The van der Waals surface area contributed by atoms with Crippen LogP contribution in [0.25, 0.3) is 0 Å². The number of carbonyl (C=O) groups is 1. The van der Waals surface area contributed by atoms with Crippen molar-refractivity contribution >= 4 is 21.9 Å². The topological polar surface area (TPSA) is 70.7 Å². The Morgan fingerprint density at radius 3 is 2.77 bits per heavy atom. The van der Waals surface area contributed by atoms with Gasteiger partial charge in [0, 0.05) is 6.42 Å². The van der Waals surface area contributed by atoms with Gasteiger partial charge in [-0.05, 0) is 28.9 Å². The van der Waals surface area contributed by atoms with Crippen molar-refractivity contribution in [3.05, 3.63) is 22.6 Å². The number of aliphatic carboxylic acids is 1. The number of carboxylic acids is 1. The van der Waals surface area contributed by atoms with Crippen LogP contribution in [-0.4, -0.2) is 21.8 Å². The van der Waals surface area contributed by atoms with Crippen LogP contribution in [0, 0.1) is 0 Å². The highest BCUT2D eigenvalue weighted by atomic mass is 79.9. The Kier molecular flexibility index (Phi) is 2.77. The van der Waals surface area contributed by atoms with Gasteiger partial charge in [-0.25, -0.2) is 4.79 Å². The minimum Gasteiger partial charge on any atom is -0.479 e. The predicted octanol–water partition coefficient (Wildman–Crippen LogP) is 1.42. The van der Waals surface area contributed by atoms with E-state index in [4.69, 9.17) is 9.52 Å². The van der Waals surface area contributed by atoms with E-state index in [2.05, 4.69) is 15.9 Å². The minimum atomic E-state index is -1.78. The van der Waals surface area contributed by atoms with E-state index < -0.39 is 11.6 Å². The van der Waals surface area contributed by atoms with Gasteiger partial charge in [0.15, 0.2) is 5.60 Å². The molecule has 13 heavy (non-hydrogen) atoms. The van der Waals surface area contributed by atoms with E-state index in [0.29, 0.717) is 5.76 Å². The maximum Gasteiger partial charge on any atom is 0.335 e. The molecule has 0 aliphatic heterocycles. The molecule has 1 aromatic rings. The Labute approximate surface area is 83.3 Å². The lowest BCUT2D eigenvalue weighted by Crippen LogP contribution is -2.36. The zero-order valence-corrected chi connectivity index (χ0v) is 8.54. The third-order valence-corrected chi connectivity index (χ3v) is 2.02. The van der Waals surface area contributed by atoms with E-state index in [1.54, 1.807) is 6.07 Å². The number of hydrogen-bond donors (Lipinski definition) is 2. The minimum absolute atomic E-state index is 0.0477. The molecule has 0 aliphatic carbocycles. The van der Waals surface area contributed by atoms with Crippen LogP contribution >= 0.6 is 15.9 Å². The molecule has 0 spiro atoms. The van der Waals surface area contributed by atoms with Gasteiger partial charge in [-0.3, -0.25) is 0 Å². The lowest BCUT2D eigenvalue weighted by molar-refractivity contribution is -0.156. The maximum atomic E-state index is 10.5. The van der Waals surface area contributed by atoms with Crippen LogP contribution in [0.2, 0.25) is 0 Å². The number of rotatable bonds is 3. The van der Waals surface area contributed by atoms with Gasteiger partial charge in [0.2, 0.25) is 0 Å². The molecule has 2 N–H and O–H groups in total. The van der Waals surface area contributed by atoms with E-state index in [-0.39, 0.29) is 6.42 Å². The van der Waals surface area contributed by atoms with Crippen LogP contribution in [0.15, 0.2) is 21.2 Å². The van der Waals surface area contributed by atoms with E-state index >= 15 is 0 Å². The molecule has 0 saturated heterocycles. The first kappa shape index (κ1) is 10.3. The molecule has 0 aromatic carbocycles. The average molecular weight is 249 g/mol. The highest BCUT2D eigenvalue weighted by molar-refractivity contribution is 9.10. The zero-order chi connectivity index (χ0) is 10.1. The molecule has 0 radical (unpaired) electrons. The Morgan fingerprint density at radius 2 is 2.38 bits per heavy atom. The highest BCUT2D eigenvalue weighted by Crippen LogP contribution is 2.19. The lowest BCUT2D eigenvalue weighted by Gasteiger charge is -2.15. The van der Waals surface area contributed by atoms with Gasteiger partial charge >= 0.3 is 5.97 Å². The summed E-state index contributed by atoms with van der Waals surface area (Å²) >= 11 is 3.15. The Balaban J connectivity index is 2.74. The zero-order valence-electron chi connectivity index (χ0n) is 6.95. The Bertz CT molecular complexity index is 316. The first-order valence-electron chi connectivity index (χ1n) is 3.60. The summed E-state index contributed by atoms with van der Waals surface area (Å²) < 4.78 is 5.71. The molecule has 4 nitrogen and oxygen atoms in total. The van der Waals surface area contributed by atoms with Crippen LogP contribution in [0.1, 0.15) is 12.7 Å². The van der Waals surface area contributed by atoms with Crippen molar-refractivity contribution in [2.75, 3.05) is 0 Å². The first-order valence-corrected chi connectivity index (χ1v) is 4.40. The van der Waals surface area contributed by atoms with Gasteiger partial charge in [0.25, 0.3) is 0 Å². The molecule has 0 aliphatic rings. The second kappa shape index (κ2) is 3.51. The fourth-order valence-corrected chi connectivity index (χ4v) is 1.21. The molecule has 1 rings (SSSR count). The smallest absolute Gasteiger partial charge is 0.335 e. The van der Waals surface area contributed by atoms with Crippen molar-refractivity contribution in [1.29, 1.82) is 0 Å². The summed E-state index contributed by atoms with van der Waals surface area (Å²) in [5, 5.41) is 18.0. The van der Waals surface area contributed by atoms with E-state index in [1.807, 2.05) is 0 Å². The van der Waals surface area contributed by atoms with Gasteiger partial charge in [-0.1, -0.05) is 0 Å². The fraction of sp³-hybridized carbons (Fsp3) is 0.375. The van der Waals surface area contributed by atoms with Crippen LogP contribution in [0.4, 0.5) is 0 Å². The Hall–Kier alpha value is -0.810. The van der Waals surface area contributed by atoms with Gasteiger partial charge in [-0.2, -0.15) is 0 Å². The molecule has 0 bridgehead atoms. The third kappa shape index (κ3) is 2.57. The summed E-state index contributed by atoms with van der Waals surface area (Å²) in [6.07, 6.45) is 1.39. The van der Waals surface area contributed by atoms with Crippen molar-refractivity contribution in [3.8, 4) is 0 Å². The summed E-state index contributed by atoms with van der Waals surface area (Å²) in [6.45, 7) is 1.23. The number of hydrogen-bond acceptors (Lipinski definition) is 3. The van der Waals surface area contributed by atoms with Gasteiger partial charge in [0.1, 0.15) is 12.0 Å². The molecular weight excluding hydrogens is 240 g/mol. The number of aliphatic hydroxyl groups is 1. The van der Waals surface area contributed by atoms with Gasteiger partial charge in [0.05, 0.1) is 4.47 Å². The van der Waals surface area contributed by atoms with Crippen molar-refractivity contribution in [1.82, 2.24) is 0 Å².